The molecule has 0 aromatic carbocycles. The maximum absolute atomic E-state index is 5.65. The van der Waals surface area contributed by atoms with Crippen molar-refractivity contribution in [2.45, 2.75) is 6.54 Å². The second kappa shape index (κ2) is 4.09. The van der Waals surface area contributed by atoms with Gasteiger partial charge in [0.15, 0.2) is 0 Å². The molecule has 1 aromatic heterocycles. The molecule has 2 N–H and O–H groups in total. The molecule has 0 spiro atoms. The summed E-state index contributed by atoms with van der Waals surface area (Å²) in [7, 11) is 0. The zero-order valence-corrected chi connectivity index (χ0v) is 8.35. The fraction of sp³-hybridized carbons (Fsp3) is 0.556. The lowest BCUT2D eigenvalue weighted by atomic mass is 10.3. The van der Waals surface area contributed by atoms with E-state index in [9.17, 15) is 0 Å². The van der Waals surface area contributed by atoms with Crippen LogP contribution in [0.25, 0.3) is 0 Å². The first-order valence-electron chi connectivity index (χ1n) is 4.47. The number of thiophene rings is 1. The van der Waals surface area contributed by atoms with Crippen molar-refractivity contribution < 1.29 is 4.74 Å². The highest BCUT2D eigenvalue weighted by Crippen LogP contribution is 2.18. The first-order chi connectivity index (χ1) is 6.34. The smallest absolute Gasteiger partial charge is 0.0594 e. The molecule has 72 valence electrons. The third kappa shape index (κ3) is 2.43. The molecule has 0 unspecified atom stereocenters. The van der Waals surface area contributed by atoms with Crippen LogP contribution in [-0.2, 0) is 11.3 Å². The van der Waals surface area contributed by atoms with E-state index in [2.05, 4.69) is 11.0 Å². The van der Waals surface area contributed by atoms with Crippen LogP contribution in [0.2, 0.25) is 0 Å². The zero-order valence-electron chi connectivity index (χ0n) is 7.53. The Kier molecular flexibility index (Phi) is 2.83. The standard InChI is InChI=1S/C9H14N2OS/c10-8-5-9(13-7-8)6-11-1-3-12-4-2-11/h5,7H,1-4,6,10H2. The minimum absolute atomic E-state index is 0.862. The molecular weight excluding hydrogens is 184 g/mol. The number of morpholine rings is 1. The Labute approximate surface area is 82.1 Å². The zero-order chi connectivity index (χ0) is 9.10. The number of rotatable bonds is 2. The van der Waals surface area contributed by atoms with Crippen molar-refractivity contribution in [3.8, 4) is 0 Å². The minimum atomic E-state index is 0.862. The number of hydrogen-bond donors (Lipinski definition) is 1. The molecule has 1 fully saturated rings. The van der Waals surface area contributed by atoms with Gasteiger partial charge in [0, 0.05) is 35.6 Å². The first kappa shape index (κ1) is 8.99. The van der Waals surface area contributed by atoms with Crippen molar-refractivity contribution in [3.05, 3.63) is 16.3 Å². The van der Waals surface area contributed by atoms with E-state index in [1.54, 1.807) is 11.3 Å². The predicted octanol–water partition coefficient (Wildman–Crippen LogP) is 1.16. The summed E-state index contributed by atoms with van der Waals surface area (Å²) in [5.74, 6) is 0. The molecule has 13 heavy (non-hydrogen) atoms. The Hall–Kier alpha value is -0.580. The van der Waals surface area contributed by atoms with E-state index in [-0.39, 0.29) is 0 Å². The maximum atomic E-state index is 5.65. The van der Waals surface area contributed by atoms with Crippen LogP contribution in [0.5, 0.6) is 0 Å². The fourth-order valence-corrected chi connectivity index (χ4v) is 2.28. The molecule has 1 aliphatic heterocycles. The molecule has 1 aromatic rings. The van der Waals surface area contributed by atoms with Gasteiger partial charge in [0.25, 0.3) is 0 Å². The Balaban J connectivity index is 1.89. The molecule has 1 aliphatic rings. The molecule has 0 radical (unpaired) electrons. The van der Waals surface area contributed by atoms with E-state index < -0.39 is 0 Å². The fourth-order valence-electron chi connectivity index (χ4n) is 1.46. The molecule has 2 heterocycles. The van der Waals surface area contributed by atoms with Gasteiger partial charge in [-0.15, -0.1) is 11.3 Å². The number of nitrogen functional groups attached to an aromatic ring is 1. The van der Waals surface area contributed by atoms with E-state index in [1.807, 2.05) is 5.38 Å². The molecule has 0 bridgehead atoms. The number of nitrogens with two attached hydrogens (primary N) is 1. The van der Waals surface area contributed by atoms with E-state index >= 15 is 0 Å². The van der Waals surface area contributed by atoms with Crippen LogP contribution in [0.15, 0.2) is 11.4 Å². The number of hydrogen-bond acceptors (Lipinski definition) is 4. The van der Waals surface area contributed by atoms with Gasteiger partial charge in [0.2, 0.25) is 0 Å². The van der Waals surface area contributed by atoms with Gasteiger partial charge < -0.3 is 10.5 Å². The summed E-state index contributed by atoms with van der Waals surface area (Å²) in [4.78, 5) is 3.74. The monoisotopic (exact) mass is 198 g/mol. The number of anilines is 1. The van der Waals surface area contributed by atoms with Crippen molar-refractivity contribution in [2.24, 2.45) is 0 Å². The van der Waals surface area contributed by atoms with Crippen molar-refractivity contribution in [3.63, 3.8) is 0 Å². The predicted molar refractivity (Wildman–Crippen MR) is 54.8 cm³/mol. The SMILES string of the molecule is Nc1csc(CN2CCOCC2)c1. The highest BCUT2D eigenvalue weighted by Gasteiger charge is 2.11. The summed E-state index contributed by atoms with van der Waals surface area (Å²) >= 11 is 1.74. The quantitative estimate of drug-likeness (QED) is 0.775. The van der Waals surface area contributed by atoms with Crippen LogP contribution in [0.1, 0.15) is 4.88 Å². The number of nitrogens with zero attached hydrogens (tertiary/aromatic N) is 1. The van der Waals surface area contributed by atoms with Crippen molar-refractivity contribution >= 4 is 17.0 Å². The summed E-state index contributed by atoms with van der Waals surface area (Å²) < 4.78 is 5.28. The molecule has 3 nitrogen and oxygen atoms in total. The average Bonchev–Trinajstić information content (AvgIpc) is 2.53. The van der Waals surface area contributed by atoms with Gasteiger partial charge in [-0.25, -0.2) is 0 Å². The van der Waals surface area contributed by atoms with Crippen LogP contribution in [0.3, 0.4) is 0 Å². The van der Waals surface area contributed by atoms with Crippen LogP contribution < -0.4 is 5.73 Å². The summed E-state index contributed by atoms with van der Waals surface area (Å²) in [6.07, 6.45) is 0. The second-order valence-electron chi connectivity index (χ2n) is 3.23. The first-order valence-corrected chi connectivity index (χ1v) is 5.35. The van der Waals surface area contributed by atoms with Gasteiger partial charge in [-0.05, 0) is 6.07 Å². The highest BCUT2D eigenvalue weighted by molar-refractivity contribution is 7.10. The molecule has 0 aliphatic carbocycles. The molecule has 0 amide bonds. The third-order valence-corrected chi connectivity index (χ3v) is 3.10. The van der Waals surface area contributed by atoms with Crippen molar-refractivity contribution in [1.29, 1.82) is 0 Å². The largest absolute Gasteiger partial charge is 0.398 e. The lowest BCUT2D eigenvalue weighted by Crippen LogP contribution is -2.35. The molecular formula is C9H14N2OS. The Morgan fingerprint density at radius 1 is 1.46 bits per heavy atom. The lowest BCUT2D eigenvalue weighted by molar-refractivity contribution is 0.0346. The molecule has 4 heteroatoms. The van der Waals surface area contributed by atoms with Crippen LogP contribution in [0, 0.1) is 0 Å². The van der Waals surface area contributed by atoms with E-state index in [4.69, 9.17) is 10.5 Å². The van der Waals surface area contributed by atoms with Crippen LogP contribution in [0.4, 0.5) is 5.69 Å². The van der Waals surface area contributed by atoms with Crippen molar-refractivity contribution in [1.82, 2.24) is 4.90 Å². The van der Waals surface area contributed by atoms with Gasteiger partial charge in [-0.3, -0.25) is 4.90 Å². The topological polar surface area (TPSA) is 38.5 Å². The highest BCUT2D eigenvalue weighted by atomic mass is 32.1. The van der Waals surface area contributed by atoms with Crippen molar-refractivity contribution in [2.75, 3.05) is 32.0 Å². The van der Waals surface area contributed by atoms with Crippen LogP contribution in [-0.4, -0.2) is 31.2 Å². The van der Waals surface area contributed by atoms with Gasteiger partial charge in [-0.1, -0.05) is 0 Å². The Morgan fingerprint density at radius 3 is 2.85 bits per heavy atom. The van der Waals surface area contributed by atoms with E-state index in [0.717, 1.165) is 38.5 Å². The van der Waals surface area contributed by atoms with Gasteiger partial charge >= 0.3 is 0 Å². The Bertz CT molecular complexity index is 268. The minimum Gasteiger partial charge on any atom is -0.398 e. The molecule has 0 saturated carbocycles. The molecule has 2 rings (SSSR count). The summed E-state index contributed by atoms with van der Waals surface area (Å²) in [5.41, 5.74) is 6.53. The second-order valence-corrected chi connectivity index (χ2v) is 4.23. The summed E-state index contributed by atoms with van der Waals surface area (Å²) in [5, 5.41) is 2.00. The van der Waals surface area contributed by atoms with Gasteiger partial charge in [-0.2, -0.15) is 0 Å². The van der Waals surface area contributed by atoms with Gasteiger partial charge in [0.1, 0.15) is 0 Å². The summed E-state index contributed by atoms with van der Waals surface area (Å²) in [6.45, 7) is 4.82. The third-order valence-electron chi connectivity index (χ3n) is 2.16. The normalized spacial score (nSPS) is 19.1. The Morgan fingerprint density at radius 2 is 2.23 bits per heavy atom. The van der Waals surface area contributed by atoms with E-state index in [0.29, 0.717) is 0 Å². The van der Waals surface area contributed by atoms with Gasteiger partial charge in [0.05, 0.1) is 13.2 Å². The summed E-state index contributed by atoms with van der Waals surface area (Å²) in [6, 6.07) is 2.06. The van der Waals surface area contributed by atoms with Crippen LogP contribution >= 0.6 is 11.3 Å². The average molecular weight is 198 g/mol. The molecule has 1 saturated heterocycles. The van der Waals surface area contributed by atoms with E-state index in [1.165, 1.54) is 4.88 Å². The molecule has 0 atom stereocenters. The maximum Gasteiger partial charge on any atom is 0.0594 e. The lowest BCUT2D eigenvalue weighted by Gasteiger charge is -2.25. The number of ether oxygens (including phenoxy) is 1.